The number of amides is 2. The van der Waals surface area contributed by atoms with E-state index in [0.29, 0.717) is 18.8 Å². The Kier molecular flexibility index (Phi) is 7.16. The summed E-state index contributed by atoms with van der Waals surface area (Å²) in [5.41, 5.74) is 6.19. The Morgan fingerprint density at radius 1 is 1.27 bits per heavy atom. The number of hydrogen-bond donors (Lipinski definition) is 1. The normalized spacial score (nSPS) is 15.2. The number of methoxy groups -OCH3 is 1. The first-order valence-electron chi connectivity index (χ1n) is 7.99. The highest BCUT2D eigenvalue weighted by Crippen LogP contribution is 2.26. The number of benzene rings is 1. The minimum Gasteiger partial charge on any atom is -0.384 e. The van der Waals surface area contributed by atoms with E-state index in [9.17, 15) is 14.4 Å². The quantitative estimate of drug-likeness (QED) is 0.226. The lowest BCUT2D eigenvalue weighted by molar-refractivity contribution is -0.148. The van der Waals surface area contributed by atoms with Crippen molar-refractivity contribution in [3.8, 4) is 0 Å². The van der Waals surface area contributed by atoms with Gasteiger partial charge >= 0.3 is 5.97 Å². The number of amidine groups is 1. The van der Waals surface area contributed by atoms with Gasteiger partial charge in [0.2, 0.25) is 0 Å². The molecule has 0 spiro atoms. The molecule has 1 aromatic rings. The van der Waals surface area contributed by atoms with E-state index < -0.39 is 23.8 Å². The van der Waals surface area contributed by atoms with Crippen molar-refractivity contribution in [3.63, 3.8) is 0 Å². The molecule has 1 heterocycles. The first-order valence-corrected chi connectivity index (χ1v) is 9.38. The molecule has 1 aromatic carbocycles. The molecule has 0 aromatic heterocycles. The van der Waals surface area contributed by atoms with Crippen LogP contribution < -0.4 is 5.73 Å². The SMILES string of the molecule is COCC/C(N)=N/OC(=O)C(CCSC)N1C(=O)c2ccccc2C1=O. The zero-order chi connectivity index (χ0) is 19.1. The minimum absolute atomic E-state index is 0.0891. The number of ether oxygens (including phenoxy) is 1. The molecule has 0 aliphatic carbocycles. The van der Waals surface area contributed by atoms with Gasteiger partial charge in [0.25, 0.3) is 11.8 Å². The Morgan fingerprint density at radius 2 is 1.88 bits per heavy atom. The van der Waals surface area contributed by atoms with Crippen LogP contribution in [0.15, 0.2) is 29.4 Å². The molecule has 0 fully saturated rings. The van der Waals surface area contributed by atoms with E-state index in [0.717, 1.165) is 4.90 Å². The third-order valence-electron chi connectivity index (χ3n) is 3.82. The second kappa shape index (κ2) is 9.35. The Labute approximate surface area is 155 Å². The van der Waals surface area contributed by atoms with Crippen molar-refractivity contribution >= 4 is 35.4 Å². The summed E-state index contributed by atoms with van der Waals surface area (Å²) in [6.07, 6.45) is 2.43. The summed E-state index contributed by atoms with van der Waals surface area (Å²) in [6.45, 7) is 0.335. The van der Waals surface area contributed by atoms with Crippen LogP contribution >= 0.6 is 11.8 Å². The Morgan fingerprint density at radius 3 is 2.42 bits per heavy atom. The first kappa shape index (κ1) is 19.9. The van der Waals surface area contributed by atoms with Crippen LogP contribution in [0.4, 0.5) is 0 Å². The van der Waals surface area contributed by atoms with Crippen molar-refractivity contribution in [2.75, 3.05) is 25.7 Å². The van der Waals surface area contributed by atoms with Gasteiger partial charge in [-0.3, -0.25) is 14.5 Å². The molecule has 0 saturated heterocycles. The number of nitrogens with two attached hydrogens (primary N) is 1. The molecular formula is C17H21N3O5S. The maximum atomic E-state index is 12.6. The van der Waals surface area contributed by atoms with Crippen LogP contribution in [0.25, 0.3) is 0 Å². The summed E-state index contributed by atoms with van der Waals surface area (Å²) < 4.78 is 4.86. The molecule has 0 saturated carbocycles. The van der Waals surface area contributed by atoms with Gasteiger partial charge in [0.15, 0.2) is 0 Å². The number of nitrogens with zero attached hydrogens (tertiary/aromatic N) is 2. The van der Waals surface area contributed by atoms with Crippen LogP contribution in [-0.2, 0) is 14.4 Å². The molecule has 1 atom stereocenters. The van der Waals surface area contributed by atoms with Gasteiger partial charge in [-0.1, -0.05) is 17.3 Å². The van der Waals surface area contributed by atoms with Gasteiger partial charge < -0.3 is 15.3 Å². The highest BCUT2D eigenvalue weighted by molar-refractivity contribution is 7.98. The van der Waals surface area contributed by atoms with Crippen molar-refractivity contribution in [1.29, 1.82) is 0 Å². The average Bonchev–Trinajstić information content (AvgIpc) is 2.90. The summed E-state index contributed by atoms with van der Waals surface area (Å²) in [6, 6.07) is 5.40. The Bertz CT molecular complexity index is 687. The number of hydrogen-bond acceptors (Lipinski definition) is 7. The predicted octanol–water partition coefficient (Wildman–Crippen LogP) is 1.26. The number of imide groups is 1. The van der Waals surface area contributed by atoms with Gasteiger partial charge in [0, 0.05) is 13.5 Å². The van der Waals surface area contributed by atoms with E-state index in [4.69, 9.17) is 15.3 Å². The maximum absolute atomic E-state index is 12.6. The molecule has 1 aliphatic rings. The van der Waals surface area contributed by atoms with Crippen molar-refractivity contribution in [3.05, 3.63) is 35.4 Å². The lowest BCUT2D eigenvalue weighted by Gasteiger charge is -2.23. The summed E-state index contributed by atoms with van der Waals surface area (Å²) in [5.74, 6) is -1.16. The van der Waals surface area contributed by atoms with Gasteiger partial charge in [-0.25, -0.2) is 4.79 Å². The fourth-order valence-corrected chi connectivity index (χ4v) is 2.95. The van der Waals surface area contributed by atoms with Crippen molar-refractivity contribution < 1.29 is 24.0 Å². The van der Waals surface area contributed by atoms with Gasteiger partial charge in [-0.2, -0.15) is 11.8 Å². The minimum atomic E-state index is -1.06. The molecule has 1 unspecified atom stereocenters. The fourth-order valence-electron chi connectivity index (χ4n) is 2.49. The number of thioether (sulfide) groups is 1. The van der Waals surface area contributed by atoms with E-state index in [1.54, 1.807) is 24.3 Å². The van der Waals surface area contributed by atoms with Crippen LogP contribution in [0.3, 0.4) is 0 Å². The van der Waals surface area contributed by atoms with Crippen molar-refractivity contribution in [1.82, 2.24) is 4.90 Å². The lowest BCUT2D eigenvalue weighted by Crippen LogP contribution is -2.45. The molecule has 9 heteroatoms. The second-order valence-corrected chi connectivity index (χ2v) is 6.54. The fraction of sp³-hybridized carbons (Fsp3) is 0.412. The van der Waals surface area contributed by atoms with E-state index in [-0.39, 0.29) is 23.4 Å². The van der Waals surface area contributed by atoms with Crippen molar-refractivity contribution in [2.45, 2.75) is 18.9 Å². The highest BCUT2D eigenvalue weighted by Gasteiger charge is 2.43. The predicted molar refractivity (Wildman–Crippen MR) is 97.9 cm³/mol. The third kappa shape index (κ3) is 4.41. The molecule has 0 radical (unpaired) electrons. The molecule has 2 amide bonds. The topological polar surface area (TPSA) is 111 Å². The molecule has 26 heavy (non-hydrogen) atoms. The molecule has 140 valence electrons. The number of carbonyl (C=O) groups is 3. The molecular weight excluding hydrogens is 358 g/mol. The number of oxime groups is 1. The molecule has 2 rings (SSSR count). The summed E-state index contributed by atoms with van der Waals surface area (Å²) in [4.78, 5) is 43.5. The first-order chi connectivity index (χ1) is 12.5. The highest BCUT2D eigenvalue weighted by atomic mass is 32.2. The van der Waals surface area contributed by atoms with Gasteiger partial charge in [0.05, 0.1) is 17.7 Å². The molecule has 8 nitrogen and oxygen atoms in total. The Balaban J connectivity index is 2.18. The number of rotatable bonds is 9. The molecule has 1 aliphatic heterocycles. The zero-order valence-corrected chi connectivity index (χ0v) is 15.5. The monoisotopic (exact) mass is 379 g/mol. The number of fused-ring (bicyclic) bond motifs is 1. The number of carbonyl (C=O) groups excluding carboxylic acids is 3. The molecule has 0 bridgehead atoms. The summed E-state index contributed by atoms with van der Waals surface area (Å²) >= 11 is 1.49. The average molecular weight is 379 g/mol. The summed E-state index contributed by atoms with van der Waals surface area (Å²) in [5, 5.41) is 3.57. The second-order valence-electron chi connectivity index (χ2n) is 5.56. The van der Waals surface area contributed by atoms with Crippen LogP contribution in [0.5, 0.6) is 0 Å². The van der Waals surface area contributed by atoms with Crippen LogP contribution in [0, 0.1) is 0 Å². The maximum Gasteiger partial charge on any atom is 0.357 e. The van der Waals surface area contributed by atoms with E-state index in [1.807, 2.05) is 6.26 Å². The van der Waals surface area contributed by atoms with E-state index in [1.165, 1.54) is 18.9 Å². The van der Waals surface area contributed by atoms with Crippen LogP contribution in [0.2, 0.25) is 0 Å². The zero-order valence-electron chi connectivity index (χ0n) is 14.6. The van der Waals surface area contributed by atoms with Crippen molar-refractivity contribution in [2.24, 2.45) is 10.9 Å². The largest absolute Gasteiger partial charge is 0.384 e. The van der Waals surface area contributed by atoms with Crippen LogP contribution in [0.1, 0.15) is 33.6 Å². The standard InChI is InChI=1S/C17H21N3O5S/c1-24-9-7-14(18)19-25-17(23)13(8-10-26-2)20-15(21)11-5-3-4-6-12(11)16(20)22/h3-6,13H,7-10H2,1-2H3,(H2,18,19). The van der Waals surface area contributed by atoms with Crippen LogP contribution in [-0.4, -0.2) is 60.3 Å². The lowest BCUT2D eigenvalue weighted by atomic mass is 10.1. The van der Waals surface area contributed by atoms with Gasteiger partial charge in [0.1, 0.15) is 11.9 Å². The van der Waals surface area contributed by atoms with E-state index in [2.05, 4.69) is 5.16 Å². The van der Waals surface area contributed by atoms with Gasteiger partial charge in [-0.05, 0) is 30.6 Å². The molecule has 2 N–H and O–H groups in total. The Hall–Kier alpha value is -2.39. The third-order valence-corrected chi connectivity index (χ3v) is 4.46. The van der Waals surface area contributed by atoms with E-state index >= 15 is 0 Å². The van der Waals surface area contributed by atoms with Gasteiger partial charge in [-0.15, -0.1) is 0 Å². The smallest absolute Gasteiger partial charge is 0.357 e. The summed E-state index contributed by atoms with van der Waals surface area (Å²) in [7, 11) is 1.51.